The fourth-order valence-corrected chi connectivity index (χ4v) is 2.81. The first kappa shape index (κ1) is 15.7. The molecule has 2 aromatic rings. The van der Waals surface area contributed by atoms with Gasteiger partial charge >= 0.3 is 0 Å². The molecule has 0 saturated carbocycles. The number of hydrogen-bond acceptors (Lipinski definition) is 4. The number of hydrogen-bond donors (Lipinski definition) is 2. The Morgan fingerprint density at radius 2 is 2.33 bits per heavy atom. The highest BCUT2D eigenvalue weighted by atomic mass is 35.5. The van der Waals surface area contributed by atoms with Gasteiger partial charge in [0.05, 0.1) is 6.20 Å². The van der Waals surface area contributed by atoms with E-state index in [0.29, 0.717) is 22.9 Å². The van der Waals surface area contributed by atoms with E-state index in [0.717, 1.165) is 5.56 Å². The molecular formula is C14H17ClN4OS. The van der Waals surface area contributed by atoms with Gasteiger partial charge < -0.3 is 11.1 Å². The fourth-order valence-electron chi connectivity index (χ4n) is 1.95. The molecule has 1 atom stereocenters. The molecule has 0 fully saturated rings. The maximum absolute atomic E-state index is 12.1. The normalized spacial score (nSPS) is 12.1. The van der Waals surface area contributed by atoms with Gasteiger partial charge in [-0.1, -0.05) is 23.7 Å². The number of aryl methyl sites for hydroxylation is 1. The van der Waals surface area contributed by atoms with Gasteiger partial charge in [0.2, 0.25) is 0 Å². The number of carbonyl (C=O) groups is 1. The number of amides is 1. The topological polar surface area (TPSA) is 72.9 Å². The van der Waals surface area contributed by atoms with E-state index in [1.165, 1.54) is 10.9 Å². The molecule has 2 rings (SSSR count). The molecule has 0 aliphatic heterocycles. The third-order valence-electron chi connectivity index (χ3n) is 3.18. The van der Waals surface area contributed by atoms with Crippen molar-refractivity contribution in [1.82, 2.24) is 15.1 Å². The Labute approximate surface area is 132 Å². The van der Waals surface area contributed by atoms with E-state index in [4.69, 9.17) is 17.3 Å². The largest absolute Gasteiger partial charge is 0.383 e. The number of anilines is 1. The maximum atomic E-state index is 12.1. The zero-order valence-corrected chi connectivity index (χ0v) is 13.4. The average molecular weight is 325 g/mol. The molecule has 0 spiro atoms. The van der Waals surface area contributed by atoms with Crippen LogP contribution in [0.25, 0.3) is 0 Å². The number of benzene rings is 1. The van der Waals surface area contributed by atoms with Crippen LogP contribution in [0.15, 0.2) is 30.5 Å². The lowest BCUT2D eigenvalue weighted by molar-refractivity contribution is 0.0954. The van der Waals surface area contributed by atoms with Gasteiger partial charge in [-0.3, -0.25) is 9.48 Å². The van der Waals surface area contributed by atoms with Gasteiger partial charge in [0.1, 0.15) is 11.4 Å². The molecule has 0 bridgehead atoms. The SMILES string of the molecule is CS[C@@H](CNC(=O)c1cnn(C)c1N)c1cccc(Cl)c1. The van der Waals surface area contributed by atoms with Crippen molar-refractivity contribution in [2.45, 2.75) is 5.25 Å². The van der Waals surface area contributed by atoms with Crippen molar-refractivity contribution >= 4 is 35.1 Å². The molecule has 1 heterocycles. The number of thioether (sulfide) groups is 1. The zero-order valence-electron chi connectivity index (χ0n) is 11.8. The molecule has 112 valence electrons. The van der Waals surface area contributed by atoms with Gasteiger partial charge in [-0.15, -0.1) is 0 Å². The molecule has 1 aromatic heterocycles. The van der Waals surface area contributed by atoms with Crippen LogP contribution in [0.4, 0.5) is 5.82 Å². The van der Waals surface area contributed by atoms with Crippen LogP contribution < -0.4 is 11.1 Å². The number of aromatic nitrogens is 2. The van der Waals surface area contributed by atoms with Gasteiger partial charge in [0.15, 0.2) is 0 Å². The molecule has 0 radical (unpaired) electrons. The van der Waals surface area contributed by atoms with Crippen LogP contribution in [0.1, 0.15) is 21.2 Å². The van der Waals surface area contributed by atoms with Crippen molar-refractivity contribution in [3.63, 3.8) is 0 Å². The number of rotatable bonds is 5. The Balaban J connectivity index is 2.03. The van der Waals surface area contributed by atoms with E-state index in [-0.39, 0.29) is 11.2 Å². The van der Waals surface area contributed by atoms with Gasteiger partial charge in [-0.05, 0) is 24.0 Å². The van der Waals surface area contributed by atoms with E-state index in [1.807, 2.05) is 30.5 Å². The number of halogens is 1. The van der Waals surface area contributed by atoms with E-state index in [1.54, 1.807) is 18.8 Å². The molecule has 0 unspecified atom stereocenters. The number of nitrogens with one attached hydrogen (secondary N) is 1. The van der Waals surface area contributed by atoms with Gasteiger partial charge in [-0.2, -0.15) is 16.9 Å². The predicted octanol–water partition coefficient (Wildman–Crippen LogP) is 2.49. The predicted molar refractivity (Wildman–Crippen MR) is 87.7 cm³/mol. The summed E-state index contributed by atoms with van der Waals surface area (Å²) in [5.41, 5.74) is 7.26. The second-order valence-corrected chi connectivity index (χ2v) is 6.03. The van der Waals surface area contributed by atoms with E-state index >= 15 is 0 Å². The molecule has 0 aliphatic rings. The van der Waals surface area contributed by atoms with E-state index < -0.39 is 0 Å². The smallest absolute Gasteiger partial charge is 0.256 e. The van der Waals surface area contributed by atoms with E-state index in [9.17, 15) is 4.79 Å². The van der Waals surface area contributed by atoms with Crippen LogP contribution in [0.2, 0.25) is 5.02 Å². The summed E-state index contributed by atoms with van der Waals surface area (Å²) in [6.45, 7) is 0.495. The lowest BCUT2D eigenvalue weighted by Gasteiger charge is -2.16. The first-order valence-corrected chi connectivity index (χ1v) is 8.03. The third-order valence-corrected chi connectivity index (χ3v) is 4.43. The third kappa shape index (κ3) is 3.71. The van der Waals surface area contributed by atoms with Crippen LogP contribution in [0.3, 0.4) is 0 Å². The molecule has 1 amide bonds. The Morgan fingerprint density at radius 3 is 2.90 bits per heavy atom. The molecular weight excluding hydrogens is 308 g/mol. The standard InChI is InChI=1S/C14H17ClN4OS/c1-19-13(16)11(7-18-19)14(20)17-8-12(21-2)9-4-3-5-10(15)6-9/h3-7,12H,8,16H2,1-2H3,(H,17,20)/t12-/m0/s1. The minimum atomic E-state index is -0.221. The Bertz CT molecular complexity index is 644. The Kier molecular flexibility index (Phi) is 5.14. The highest BCUT2D eigenvalue weighted by Crippen LogP contribution is 2.27. The second kappa shape index (κ2) is 6.87. The summed E-state index contributed by atoms with van der Waals surface area (Å²) in [6, 6.07) is 7.64. The molecule has 1 aromatic carbocycles. The summed E-state index contributed by atoms with van der Waals surface area (Å²) >= 11 is 7.66. The molecule has 21 heavy (non-hydrogen) atoms. The van der Waals surface area contributed by atoms with Crippen LogP contribution >= 0.6 is 23.4 Å². The summed E-state index contributed by atoms with van der Waals surface area (Å²) in [6.07, 6.45) is 3.47. The van der Waals surface area contributed by atoms with E-state index in [2.05, 4.69) is 10.4 Å². The highest BCUT2D eigenvalue weighted by Gasteiger charge is 2.16. The van der Waals surface area contributed by atoms with Crippen LogP contribution in [-0.4, -0.2) is 28.5 Å². The Morgan fingerprint density at radius 1 is 1.57 bits per heavy atom. The van der Waals surface area contributed by atoms with Crippen molar-refractivity contribution in [1.29, 1.82) is 0 Å². The quantitative estimate of drug-likeness (QED) is 0.886. The van der Waals surface area contributed by atoms with Gasteiger partial charge in [0, 0.05) is 23.9 Å². The summed E-state index contributed by atoms with van der Waals surface area (Å²) in [4.78, 5) is 12.1. The molecule has 7 heteroatoms. The van der Waals surface area contributed by atoms with Crippen molar-refractivity contribution in [2.75, 3.05) is 18.5 Å². The molecule has 3 N–H and O–H groups in total. The summed E-state index contributed by atoms with van der Waals surface area (Å²) in [5, 5.41) is 7.67. The number of carbonyl (C=O) groups excluding carboxylic acids is 1. The Hall–Kier alpha value is -1.66. The first-order valence-electron chi connectivity index (χ1n) is 6.37. The first-order chi connectivity index (χ1) is 10.0. The lowest BCUT2D eigenvalue weighted by atomic mass is 10.1. The zero-order chi connectivity index (χ0) is 15.4. The maximum Gasteiger partial charge on any atom is 0.256 e. The van der Waals surface area contributed by atoms with Crippen LogP contribution in [-0.2, 0) is 7.05 Å². The summed E-state index contributed by atoms with van der Waals surface area (Å²) < 4.78 is 1.47. The molecule has 0 aliphatic carbocycles. The minimum Gasteiger partial charge on any atom is -0.383 e. The van der Waals surface area contributed by atoms with Crippen molar-refractivity contribution in [3.05, 3.63) is 46.6 Å². The average Bonchev–Trinajstić information content (AvgIpc) is 2.79. The van der Waals surface area contributed by atoms with Crippen molar-refractivity contribution in [2.24, 2.45) is 7.05 Å². The number of nitrogen functional groups attached to an aromatic ring is 1. The summed E-state index contributed by atoms with van der Waals surface area (Å²) in [7, 11) is 1.70. The van der Waals surface area contributed by atoms with Gasteiger partial charge in [-0.25, -0.2) is 0 Å². The number of nitrogens with zero attached hydrogens (tertiary/aromatic N) is 2. The fraction of sp³-hybridized carbons (Fsp3) is 0.286. The second-order valence-electron chi connectivity index (χ2n) is 4.56. The van der Waals surface area contributed by atoms with Crippen molar-refractivity contribution in [3.8, 4) is 0 Å². The monoisotopic (exact) mass is 324 g/mol. The highest BCUT2D eigenvalue weighted by molar-refractivity contribution is 7.98. The van der Waals surface area contributed by atoms with Crippen molar-refractivity contribution < 1.29 is 4.79 Å². The number of nitrogens with two attached hydrogens (primary N) is 1. The van der Waals surface area contributed by atoms with Gasteiger partial charge in [0.25, 0.3) is 5.91 Å². The minimum absolute atomic E-state index is 0.130. The molecule has 5 nitrogen and oxygen atoms in total. The lowest BCUT2D eigenvalue weighted by Crippen LogP contribution is -2.28. The van der Waals surface area contributed by atoms with Crippen LogP contribution in [0, 0.1) is 0 Å². The summed E-state index contributed by atoms with van der Waals surface area (Å²) in [5.74, 6) is 0.137. The van der Waals surface area contributed by atoms with Crippen LogP contribution in [0.5, 0.6) is 0 Å². The molecule has 0 saturated heterocycles.